The predicted molar refractivity (Wildman–Crippen MR) is 79.6 cm³/mol. The number of hydrogen-bond acceptors (Lipinski definition) is 4. The number of aromatic nitrogens is 1. The Morgan fingerprint density at radius 1 is 1.41 bits per heavy atom. The predicted octanol–water partition coefficient (Wildman–Crippen LogP) is 3.17. The molecule has 0 aliphatic carbocycles. The SMILES string of the molecule is CCN(CC)CCSc1ncc(N)c(C)c1Br. The van der Waals surface area contributed by atoms with Gasteiger partial charge in [0.05, 0.1) is 16.4 Å². The Labute approximate surface area is 116 Å². The zero-order valence-electron chi connectivity index (χ0n) is 10.7. The minimum absolute atomic E-state index is 0.741. The highest BCUT2D eigenvalue weighted by molar-refractivity contribution is 9.10. The number of nitrogens with zero attached hydrogens (tertiary/aromatic N) is 2. The fourth-order valence-electron chi connectivity index (χ4n) is 1.48. The van der Waals surface area contributed by atoms with Crippen LogP contribution in [0, 0.1) is 6.92 Å². The molecule has 3 nitrogen and oxygen atoms in total. The molecule has 2 N–H and O–H groups in total. The summed E-state index contributed by atoms with van der Waals surface area (Å²) in [7, 11) is 0. The maximum atomic E-state index is 5.80. The van der Waals surface area contributed by atoms with E-state index >= 15 is 0 Å². The lowest BCUT2D eigenvalue weighted by Gasteiger charge is -2.17. The van der Waals surface area contributed by atoms with Gasteiger partial charge >= 0.3 is 0 Å². The number of nitrogen functional groups attached to an aromatic ring is 1. The summed E-state index contributed by atoms with van der Waals surface area (Å²) < 4.78 is 1.03. The Bertz CT molecular complexity index is 367. The van der Waals surface area contributed by atoms with Crippen molar-refractivity contribution in [1.29, 1.82) is 0 Å². The largest absolute Gasteiger partial charge is 0.397 e. The molecule has 0 aliphatic heterocycles. The van der Waals surface area contributed by atoms with Crippen LogP contribution in [0.2, 0.25) is 0 Å². The van der Waals surface area contributed by atoms with Gasteiger partial charge in [-0.1, -0.05) is 13.8 Å². The standard InChI is InChI=1S/C12H20BrN3S/c1-4-16(5-2)6-7-17-12-11(13)9(3)10(14)8-15-12/h8H,4-7,14H2,1-3H3. The molecule has 0 saturated heterocycles. The molecule has 5 heteroatoms. The lowest BCUT2D eigenvalue weighted by atomic mass is 10.3. The average molecular weight is 318 g/mol. The molecular weight excluding hydrogens is 298 g/mol. The summed E-state index contributed by atoms with van der Waals surface area (Å²) in [6, 6.07) is 0. The molecule has 0 saturated carbocycles. The average Bonchev–Trinajstić information content (AvgIpc) is 2.34. The third-order valence-electron chi connectivity index (χ3n) is 2.81. The number of halogens is 1. The first kappa shape index (κ1) is 14.8. The maximum absolute atomic E-state index is 5.80. The normalized spacial score (nSPS) is 11.1. The summed E-state index contributed by atoms with van der Waals surface area (Å²) in [5, 5.41) is 1.03. The summed E-state index contributed by atoms with van der Waals surface area (Å²) in [6.07, 6.45) is 1.74. The minimum Gasteiger partial charge on any atom is -0.397 e. The molecule has 0 bridgehead atoms. The van der Waals surface area contributed by atoms with Gasteiger partial charge in [-0.05, 0) is 41.5 Å². The van der Waals surface area contributed by atoms with Crippen LogP contribution in [-0.2, 0) is 0 Å². The van der Waals surface area contributed by atoms with Crippen LogP contribution in [-0.4, -0.2) is 35.3 Å². The highest BCUT2D eigenvalue weighted by Gasteiger charge is 2.08. The Hall–Kier alpha value is -0.260. The van der Waals surface area contributed by atoms with E-state index in [1.807, 2.05) is 6.92 Å². The van der Waals surface area contributed by atoms with Crippen molar-refractivity contribution in [2.75, 3.05) is 31.1 Å². The maximum Gasteiger partial charge on any atom is 0.111 e. The van der Waals surface area contributed by atoms with Gasteiger partial charge in [0.1, 0.15) is 5.03 Å². The zero-order valence-corrected chi connectivity index (χ0v) is 13.1. The van der Waals surface area contributed by atoms with Crippen molar-refractivity contribution < 1.29 is 0 Å². The van der Waals surface area contributed by atoms with Gasteiger partial charge in [-0.3, -0.25) is 0 Å². The second-order valence-corrected chi connectivity index (χ2v) is 5.71. The third-order valence-corrected chi connectivity index (χ3v) is 5.01. The molecular formula is C12H20BrN3S. The van der Waals surface area contributed by atoms with Crippen molar-refractivity contribution in [3.63, 3.8) is 0 Å². The van der Waals surface area contributed by atoms with Crippen molar-refractivity contribution in [2.45, 2.75) is 25.8 Å². The highest BCUT2D eigenvalue weighted by Crippen LogP contribution is 2.30. The second kappa shape index (κ2) is 7.24. The van der Waals surface area contributed by atoms with E-state index in [0.29, 0.717) is 0 Å². The van der Waals surface area contributed by atoms with Gasteiger partial charge in [0.25, 0.3) is 0 Å². The molecule has 0 fully saturated rings. The molecule has 0 atom stereocenters. The topological polar surface area (TPSA) is 42.2 Å². The highest BCUT2D eigenvalue weighted by atomic mass is 79.9. The van der Waals surface area contributed by atoms with E-state index in [1.54, 1.807) is 18.0 Å². The molecule has 1 heterocycles. The molecule has 0 unspecified atom stereocenters. The first-order valence-electron chi connectivity index (χ1n) is 5.85. The Morgan fingerprint density at radius 2 is 2.06 bits per heavy atom. The van der Waals surface area contributed by atoms with Crippen molar-refractivity contribution in [3.05, 3.63) is 16.2 Å². The quantitative estimate of drug-likeness (QED) is 0.818. The molecule has 17 heavy (non-hydrogen) atoms. The number of anilines is 1. The first-order chi connectivity index (χ1) is 8.10. The molecule has 0 aromatic carbocycles. The van der Waals surface area contributed by atoms with E-state index in [4.69, 9.17) is 5.73 Å². The molecule has 0 spiro atoms. The monoisotopic (exact) mass is 317 g/mol. The summed E-state index contributed by atoms with van der Waals surface area (Å²) in [4.78, 5) is 6.77. The molecule has 0 amide bonds. The lowest BCUT2D eigenvalue weighted by molar-refractivity contribution is 0.324. The second-order valence-electron chi connectivity index (χ2n) is 3.83. The number of hydrogen-bond donors (Lipinski definition) is 1. The molecule has 0 radical (unpaired) electrons. The Morgan fingerprint density at radius 3 is 2.65 bits per heavy atom. The van der Waals surface area contributed by atoms with Crippen LogP contribution in [0.25, 0.3) is 0 Å². The molecule has 1 aromatic rings. The van der Waals surface area contributed by atoms with Crippen LogP contribution in [0.5, 0.6) is 0 Å². The van der Waals surface area contributed by atoms with Gasteiger partial charge in [-0.25, -0.2) is 4.98 Å². The number of nitrogens with two attached hydrogens (primary N) is 1. The van der Waals surface area contributed by atoms with Crippen LogP contribution in [0.15, 0.2) is 15.7 Å². The molecule has 0 aliphatic rings. The van der Waals surface area contributed by atoms with Gasteiger partial charge in [0, 0.05) is 12.3 Å². The van der Waals surface area contributed by atoms with Crippen LogP contribution in [0.4, 0.5) is 5.69 Å². The van der Waals surface area contributed by atoms with E-state index < -0.39 is 0 Å². The van der Waals surface area contributed by atoms with Crippen LogP contribution >= 0.6 is 27.7 Å². The summed E-state index contributed by atoms with van der Waals surface area (Å²) in [5.41, 5.74) is 7.61. The third kappa shape index (κ3) is 4.16. The fraction of sp³-hybridized carbons (Fsp3) is 0.583. The summed E-state index contributed by atoms with van der Waals surface area (Å²) in [6.45, 7) is 9.69. The van der Waals surface area contributed by atoms with E-state index in [9.17, 15) is 0 Å². The van der Waals surface area contributed by atoms with Gasteiger partial charge in [-0.2, -0.15) is 0 Å². The fourth-order valence-corrected chi connectivity index (χ4v) is 3.11. The van der Waals surface area contributed by atoms with E-state index in [2.05, 4.69) is 39.7 Å². The summed E-state index contributed by atoms with van der Waals surface area (Å²) in [5.74, 6) is 1.05. The summed E-state index contributed by atoms with van der Waals surface area (Å²) >= 11 is 5.33. The molecule has 1 rings (SSSR count). The van der Waals surface area contributed by atoms with E-state index in [0.717, 1.165) is 46.1 Å². The van der Waals surface area contributed by atoms with E-state index in [-0.39, 0.29) is 0 Å². The van der Waals surface area contributed by atoms with Gasteiger partial charge in [0.2, 0.25) is 0 Å². The molecule has 96 valence electrons. The number of pyridine rings is 1. The molecule has 1 aromatic heterocycles. The van der Waals surface area contributed by atoms with Gasteiger partial charge in [-0.15, -0.1) is 11.8 Å². The smallest absolute Gasteiger partial charge is 0.111 e. The van der Waals surface area contributed by atoms with Crippen LogP contribution in [0.3, 0.4) is 0 Å². The first-order valence-corrected chi connectivity index (χ1v) is 7.63. The zero-order chi connectivity index (χ0) is 12.8. The lowest BCUT2D eigenvalue weighted by Crippen LogP contribution is -2.25. The van der Waals surface area contributed by atoms with E-state index in [1.165, 1.54) is 0 Å². The van der Waals surface area contributed by atoms with Crippen molar-refractivity contribution in [2.24, 2.45) is 0 Å². The Balaban J connectivity index is 2.55. The van der Waals surface area contributed by atoms with Crippen LogP contribution in [0.1, 0.15) is 19.4 Å². The van der Waals surface area contributed by atoms with Crippen molar-refractivity contribution in [1.82, 2.24) is 9.88 Å². The van der Waals surface area contributed by atoms with Gasteiger partial charge < -0.3 is 10.6 Å². The van der Waals surface area contributed by atoms with Crippen LogP contribution < -0.4 is 5.73 Å². The van der Waals surface area contributed by atoms with Crippen molar-refractivity contribution >= 4 is 33.4 Å². The Kier molecular flexibility index (Phi) is 6.30. The minimum atomic E-state index is 0.741. The number of thioether (sulfide) groups is 1. The van der Waals surface area contributed by atoms with Gasteiger partial charge in [0.15, 0.2) is 0 Å². The van der Waals surface area contributed by atoms with Crippen molar-refractivity contribution in [3.8, 4) is 0 Å². The number of rotatable bonds is 6.